The van der Waals surface area contributed by atoms with Crippen molar-refractivity contribution >= 4 is 29.6 Å². The smallest absolute Gasteiger partial charge is 0.331 e. The quantitative estimate of drug-likeness (QED) is 0.196. The Bertz CT molecular complexity index is 1600. The van der Waals surface area contributed by atoms with E-state index < -0.39 is 5.97 Å². The molecule has 4 aromatic rings. The van der Waals surface area contributed by atoms with Gasteiger partial charge < -0.3 is 15.2 Å². The minimum absolute atomic E-state index is 0.161. The van der Waals surface area contributed by atoms with Crippen molar-refractivity contribution in [3.8, 4) is 28.1 Å². The molecule has 7 nitrogen and oxygen atoms in total. The molecule has 0 saturated heterocycles. The maximum Gasteiger partial charge on any atom is 0.331 e. The fourth-order valence-electron chi connectivity index (χ4n) is 5.38. The number of hydrogen-bond acceptors (Lipinski definition) is 4. The normalized spacial score (nSPS) is 14.0. The number of carbonyl (C=O) groups is 2. The first-order valence-electron chi connectivity index (χ1n) is 14.2. The Labute approximate surface area is 250 Å². The molecular formula is C34H34ClN3O4. The van der Waals surface area contributed by atoms with Crippen LogP contribution in [0.2, 0.25) is 5.02 Å². The summed E-state index contributed by atoms with van der Waals surface area (Å²) in [5, 5.41) is 17.5. The van der Waals surface area contributed by atoms with Gasteiger partial charge in [0.05, 0.1) is 17.4 Å². The lowest BCUT2D eigenvalue weighted by molar-refractivity contribution is -0.132. The van der Waals surface area contributed by atoms with Crippen molar-refractivity contribution in [1.29, 1.82) is 0 Å². The van der Waals surface area contributed by atoms with E-state index in [0.29, 0.717) is 22.0 Å². The van der Waals surface area contributed by atoms with Crippen molar-refractivity contribution < 1.29 is 19.4 Å². The zero-order chi connectivity index (χ0) is 29.6. The van der Waals surface area contributed by atoms with Gasteiger partial charge in [-0.1, -0.05) is 49.1 Å². The van der Waals surface area contributed by atoms with Crippen LogP contribution in [0.4, 0.5) is 0 Å². The van der Waals surface area contributed by atoms with Crippen LogP contribution in [0.25, 0.3) is 28.5 Å². The predicted molar refractivity (Wildman–Crippen MR) is 166 cm³/mol. The first-order chi connectivity index (χ1) is 20.3. The molecule has 216 valence electrons. The molecule has 8 heteroatoms. The van der Waals surface area contributed by atoms with Crippen LogP contribution in [-0.4, -0.2) is 33.8 Å². The average molecular weight is 584 g/mol. The first kappa shape index (κ1) is 29.1. The SMILES string of the molecule is CNC(=O)c1ccc(-c2ccc(Cl)cc2)c(COc2ccc(-c3cc(C=C(C)C(=O)O)nn3C3CCCCC3)cc2)c1. The second-order valence-electron chi connectivity index (χ2n) is 10.6. The van der Waals surface area contributed by atoms with E-state index in [1.54, 1.807) is 26.1 Å². The van der Waals surface area contributed by atoms with Crippen molar-refractivity contribution in [2.75, 3.05) is 7.05 Å². The Morgan fingerprint density at radius 2 is 1.69 bits per heavy atom. The van der Waals surface area contributed by atoms with E-state index in [1.165, 1.54) is 6.42 Å². The summed E-state index contributed by atoms with van der Waals surface area (Å²) in [6.45, 7) is 1.85. The van der Waals surface area contributed by atoms with Gasteiger partial charge in [0.2, 0.25) is 0 Å². The van der Waals surface area contributed by atoms with Gasteiger partial charge >= 0.3 is 5.97 Å². The molecule has 5 rings (SSSR count). The largest absolute Gasteiger partial charge is 0.489 e. The molecule has 42 heavy (non-hydrogen) atoms. The Kier molecular flexibility index (Phi) is 9.08. The summed E-state index contributed by atoms with van der Waals surface area (Å²) in [7, 11) is 1.61. The van der Waals surface area contributed by atoms with Crippen LogP contribution >= 0.6 is 11.6 Å². The monoisotopic (exact) mass is 583 g/mol. The van der Waals surface area contributed by atoms with E-state index in [0.717, 1.165) is 53.6 Å². The summed E-state index contributed by atoms with van der Waals surface area (Å²) < 4.78 is 8.28. The molecule has 1 fully saturated rings. The number of aromatic nitrogens is 2. The summed E-state index contributed by atoms with van der Waals surface area (Å²) >= 11 is 6.10. The first-order valence-corrected chi connectivity index (χ1v) is 14.6. The summed E-state index contributed by atoms with van der Waals surface area (Å²) in [5.74, 6) is -0.423. The zero-order valence-electron chi connectivity index (χ0n) is 23.8. The highest BCUT2D eigenvalue weighted by Gasteiger charge is 2.21. The highest BCUT2D eigenvalue weighted by atomic mass is 35.5. The molecule has 3 aromatic carbocycles. The van der Waals surface area contributed by atoms with Gasteiger partial charge in [0.15, 0.2) is 0 Å². The van der Waals surface area contributed by atoms with Crippen LogP contribution in [0.1, 0.15) is 66.7 Å². The lowest BCUT2D eigenvalue weighted by Gasteiger charge is -2.24. The van der Waals surface area contributed by atoms with E-state index in [9.17, 15) is 14.7 Å². The van der Waals surface area contributed by atoms with Crippen LogP contribution in [0.5, 0.6) is 5.75 Å². The highest BCUT2D eigenvalue weighted by molar-refractivity contribution is 6.30. The number of hydrogen-bond donors (Lipinski definition) is 2. The van der Waals surface area contributed by atoms with Crippen molar-refractivity contribution in [2.45, 2.75) is 51.7 Å². The van der Waals surface area contributed by atoms with E-state index >= 15 is 0 Å². The van der Waals surface area contributed by atoms with Gasteiger partial charge in [-0.3, -0.25) is 9.48 Å². The van der Waals surface area contributed by atoms with E-state index in [-0.39, 0.29) is 24.1 Å². The molecular weight excluding hydrogens is 550 g/mol. The third kappa shape index (κ3) is 6.74. The maximum atomic E-state index is 12.3. The van der Waals surface area contributed by atoms with Gasteiger partial charge in [0.25, 0.3) is 5.91 Å². The summed E-state index contributed by atoms with van der Waals surface area (Å²) in [4.78, 5) is 23.7. The maximum absolute atomic E-state index is 12.3. The van der Waals surface area contributed by atoms with Crippen molar-refractivity contribution in [3.63, 3.8) is 0 Å². The summed E-state index contributed by atoms with van der Waals surface area (Å²) in [6.07, 6.45) is 7.29. The number of ether oxygens (including phenoxy) is 1. The Morgan fingerprint density at radius 3 is 2.36 bits per heavy atom. The Morgan fingerprint density at radius 1 is 1.00 bits per heavy atom. The summed E-state index contributed by atoms with van der Waals surface area (Å²) in [6, 6.07) is 23.3. The standard InChI is InChI=1S/C34H34ClN3O4/c1-22(34(40)41)18-28-20-32(38(37-28)29-6-4-3-5-7-29)24-10-15-30(16-11-24)42-21-26-19-25(33(39)36-2)12-17-31(26)23-8-13-27(35)14-9-23/h8-20,29H,3-7,21H2,1-2H3,(H,36,39)(H,40,41). The number of nitrogens with one attached hydrogen (secondary N) is 1. The molecule has 0 radical (unpaired) electrons. The molecule has 1 aliphatic carbocycles. The molecule has 0 aliphatic heterocycles. The number of benzene rings is 3. The second kappa shape index (κ2) is 13.1. The third-order valence-corrected chi connectivity index (χ3v) is 7.92. The Balaban J connectivity index is 1.40. The number of carbonyl (C=O) groups excluding carboxylic acids is 1. The molecule has 1 aliphatic rings. The molecule has 0 atom stereocenters. The number of nitrogens with zero attached hydrogens (tertiary/aromatic N) is 2. The number of carboxylic acid groups (broad SMARTS) is 1. The fraction of sp³-hybridized carbons (Fsp3) is 0.265. The third-order valence-electron chi connectivity index (χ3n) is 7.67. The van der Waals surface area contributed by atoms with Crippen LogP contribution in [0, 0.1) is 0 Å². The minimum Gasteiger partial charge on any atom is -0.489 e. The summed E-state index contributed by atoms with van der Waals surface area (Å²) in [5.41, 5.74) is 6.21. The van der Waals surface area contributed by atoms with Gasteiger partial charge in [-0.15, -0.1) is 0 Å². The van der Waals surface area contributed by atoms with Crippen LogP contribution in [0.15, 0.2) is 78.4 Å². The van der Waals surface area contributed by atoms with E-state index in [2.05, 4.69) is 10.00 Å². The molecule has 0 spiro atoms. The number of halogens is 1. The number of aliphatic carboxylic acids is 1. The van der Waals surface area contributed by atoms with Crippen molar-refractivity contribution in [3.05, 3.63) is 100 Å². The molecule has 0 unspecified atom stereocenters. The molecule has 1 saturated carbocycles. The van der Waals surface area contributed by atoms with Gasteiger partial charge in [0.1, 0.15) is 12.4 Å². The van der Waals surface area contributed by atoms with Gasteiger partial charge in [0, 0.05) is 28.8 Å². The number of carboxylic acids is 1. The molecule has 1 amide bonds. The predicted octanol–water partition coefficient (Wildman–Crippen LogP) is 7.80. The molecule has 1 aromatic heterocycles. The fourth-order valence-corrected chi connectivity index (χ4v) is 5.51. The number of rotatable bonds is 9. The Hall–Kier alpha value is -4.36. The van der Waals surface area contributed by atoms with Crippen molar-refractivity contribution in [1.82, 2.24) is 15.1 Å². The minimum atomic E-state index is -0.953. The topological polar surface area (TPSA) is 93.4 Å². The average Bonchev–Trinajstić information content (AvgIpc) is 3.44. The lowest BCUT2D eigenvalue weighted by Crippen LogP contribution is -2.18. The van der Waals surface area contributed by atoms with Crippen LogP contribution in [-0.2, 0) is 11.4 Å². The van der Waals surface area contributed by atoms with Crippen LogP contribution < -0.4 is 10.1 Å². The van der Waals surface area contributed by atoms with Gasteiger partial charge in [-0.25, -0.2) is 4.79 Å². The van der Waals surface area contributed by atoms with Gasteiger partial charge in [-0.2, -0.15) is 5.10 Å². The van der Waals surface area contributed by atoms with E-state index in [4.69, 9.17) is 21.4 Å². The highest BCUT2D eigenvalue weighted by Crippen LogP contribution is 2.34. The molecule has 1 heterocycles. The van der Waals surface area contributed by atoms with Gasteiger partial charge in [-0.05, 0) is 97.1 Å². The zero-order valence-corrected chi connectivity index (χ0v) is 24.5. The van der Waals surface area contributed by atoms with Crippen LogP contribution in [0.3, 0.4) is 0 Å². The van der Waals surface area contributed by atoms with Crippen molar-refractivity contribution in [2.24, 2.45) is 0 Å². The second-order valence-corrected chi connectivity index (χ2v) is 11.0. The molecule has 0 bridgehead atoms. The molecule has 2 N–H and O–H groups in total. The van der Waals surface area contributed by atoms with E-state index in [1.807, 2.05) is 66.7 Å². The number of amides is 1. The lowest BCUT2D eigenvalue weighted by atomic mass is 9.95.